The largest absolute Gasteiger partial charge is 1.00 e. The van der Waals surface area contributed by atoms with Crippen LogP contribution in [0.4, 0.5) is 0 Å². The van der Waals surface area contributed by atoms with E-state index in [0.29, 0.717) is 6.23 Å². The van der Waals surface area contributed by atoms with Crippen LogP contribution in [0.15, 0.2) is 0 Å². The van der Waals surface area contributed by atoms with Crippen LogP contribution in [0.2, 0.25) is 0 Å². The molecule has 0 aromatic heterocycles. The highest BCUT2D eigenvalue weighted by Gasteiger charge is 2.36. The fourth-order valence-corrected chi connectivity index (χ4v) is 0.490. The van der Waals surface area contributed by atoms with E-state index in [1.54, 1.807) is 0 Å². The van der Waals surface area contributed by atoms with Gasteiger partial charge < -0.3 is 21.6 Å². The van der Waals surface area contributed by atoms with Gasteiger partial charge in [0, 0.05) is 0 Å². The SMILES string of the molecule is C[N+](C)(C)C1CO1.[Cl-]. The molecule has 0 saturated carbocycles. The lowest BCUT2D eigenvalue weighted by molar-refractivity contribution is -0.891. The molecular weight excluding hydrogens is 126 g/mol. The molecule has 50 valence electrons. The highest BCUT2D eigenvalue weighted by molar-refractivity contribution is 4.53. The standard InChI is InChI=1S/C5H12NO.ClH/c1-6(2,3)5-4-7-5;/h5H,4H2,1-3H3;1H/q+1;/p-1. The van der Waals surface area contributed by atoms with Gasteiger partial charge >= 0.3 is 0 Å². The van der Waals surface area contributed by atoms with Crippen LogP contribution in [-0.2, 0) is 4.74 Å². The smallest absolute Gasteiger partial charge is 0.217 e. The van der Waals surface area contributed by atoms with Crippen LogP contribution in [-0.4, -0.2) is 38.5 Å². The Hall–Kier alpha value is 0.210. The van der Waals surface area contributed by atoms with Crippen molar-refractivity contribution in [2.45, 2.75) is 6.23 Å². The Morgan fingerprint density at radius 3 is 1.75 bits per heavy atom. The molecule has 1 saturated heterocycles. The fraction of sp³-hybridized carbons (Fsp3) is 1.00. The summed E-state index contributed by atoms with van der Waals surface area (Å²) in [5.41, 5.74) is 0. The van der Waals surface area contributed by atoms with Gasteiger partial charge in [-0.15, -0.1) is 0 Å². The zero-order chi connectivity index (χ0) is 5.49. The van der Waals surface area contributed by atoms with Gasteiger partial charge in [-0.3, -0.25) is 0 Å². The van der Waals surface area contributed by atoms with Crippen LogP contribution in [0.3, 0.4) is 0 Å². The highest BCUT2D eigenvalue weighted by atomic mass is 35.5. The maximum atomic E-state index is 5.05. The zero-order valence-corrected chi connectivity index (χ0v) is 6.27. The average molecular weight is 138 g/mol. The quantitative estimate of drug-likeness (QED) is 0.278. The summed E-state index contributed by atoms with van der Waals surface area (Å²) in [6.07, 6.45) is 0.486. The van der Waals surface area contributed by atoms with Gasteiger partial charge in [0.1, 0.15) is 6.61 Å². The number of rotatable bonds is 1. The van der Waals surface area contributed by atoms with Crippen LogP contribution in [0.5, 0.6) is 0 Å². The van der Waals surface area contributed by atoms with E-state index in [1.807, 2.05) is 0 Å². The highest BCUT2D eigenvalue weighted by Crippen LogP contribution is 2.16. The van der Waals surface area contributed by atoms with E-state index in [-0.39, 0.29) is 12.4 Å². The third-order valence-corrected chi connectivity index (χ3v) is 1.18. The Morgan fingerprint density at radius 1 is 1.38 bits per heavy atom. The lowest BCUT2D eigenvalue weighted by Crippen LogP contribution is -3.00. The molecule has 8 heavy (non-hydrogen) atoms. The van der Waals surface area contributed by atoms with Crippen molar-refractivity contribution in [1.29, 1.82) is 0 Å². The third kappa shape index (κ3) is 1.99. The van der Waals surface area contributed by atoms with Crippen molar-refractivity contribution in [2.75, 3.05) is 27.7 Å². The molecule has 0 radical (unpaired) electrons. The first kappa shape index (κ1) is 8.21. The van der Waals surface area contributed by atoms with E-state index in [9.17, 15) is 0 Å². The summed E-state index contributed by atoms with van der Waals surface area (Å²) in [4.78, 5) is 0. The minimum atomic E-state index is 0. The average Bonchev–Trinajstić information content (AvgIpc) is 1.99. The Kier molecular flexibility index (Phi) is 2.27. The number of hydrogen-bond donors (Lipinski definition) is 0. The Morgan fingerprint density at radius 2 is 1.75 bits per heavy atom. The molecular formula is C5H12ClNO. The molecule has 0 amide bonds. The molecule has 0 aromatic carbocycles. The van der Waals surface area contributed by atoms with E-state index < -0.39 is 0 Å². The molecule has 0 spiro atoms. The number of nitrogens with zero attached hydrogens (tertiary/aromatic N) is 1. The van der Waals surface area contributed by atoms with E-state index in [1.165, 1.54) is 0 Å². The van der Waals surface area contributed by atoms with E-state index in [2.05, 4.69) is 21.1 Å². The second kappa shape index (κ2) is 2.21. The molecule has 1 rings (SSSR count). The lowest BCUT2D eigenvalue weighted by atomic mass is 10.6. The molecule has 2 nitrogen and oxygen atoms in total. The summed E-state index contributed by atoms with van der Waals surface area (Å²) >= 11 is 0. The van der Waals surface area contributed by atoms with Gasteiger partial charge in [-0.2, -0.15) is 0 Å². The minimum absolute atomic E-state index is 0. The van der Waals surface area contributed by atoms with Crippen LogP contribution in [0, 0.1) is 0 Å². The van der Waals surface area contributed by atoms with E-state index in [0.717, 1.165) is 11.1 Å². The second-order valence-electron chi connectivity index (χ2n) is 2.90. The monoisotopic (exact) mass is 137 g/mol. The maximum absolute atomic E-state index is 5.05. The molecule has 1 fully saturated rings. The van der Waals surface area contributed by atoms with Crippen LogP contribution >= 0.6 is 0 Å². The summed E-state index contributed by atoms with van der Waals surface area (Å²) in [5, 5.41) is 0. The van der Waals surface area contributed by atoms with Crippen molar-refractivity contribution < 1.29 is 21.6 Å². The molecule has 0 aliphatic carbocycles. The van der Waals surface area contributed by atoms with Gasteiger partial charge in [-0.25, -0.2) is 0 Å². The van der Waals surface area contributed by atoms with Gasteiger partial charge in [-0.05, 0) is 0 Å². The number of quaternary nitrogens is 1. The minimum Gasteiger partial charge on any atom is -1.00 e. The van der Waals surface area contributed by atoms with Crippen LogP contribution in [0.25, 0.3) is 0 Å². The lowest BCUT2D eigenvalue weighted by Gasteiger charge is -2.20. The summed E-state index contributed by atoms with van der Waals surface area (Å²) in [5.74, 6) is 0. The molecule has 0 aromatic rings. The molecule has 3 heteroatoms. The van der Waals surface area contributed by atoms with Crippen molar-refractivity contribution in [3.63, 3.8) is 0 Å². The first-order valence-corrected chi connectivity index (χ1v) is 2.53. The Balaban J connectivity index is 0.000000490. The van der Waals surface area contributed by atoms with Crippen molar-refractivity contribution in [1.82, 2.24) is 0 Å². The molecule has 1 heterocycles. The van der Waals surface area contributed by atoms with Crippen molar-refractivity contribution in [2.24, 2.45) is 0 Å². The van der Waals surface area contributed by atoms with Crippen molar-refractivity contribution in [3.8, 4) is 0 Å². The molecule has 1 atom stereocenters. The summed E-state index contributed by atoms with van der Waals surface area (Å²) < 4.78 is 5.99. The molecule has 0 bridgehead atoms. The predicted molar refractivity (Wildman–Crippen MR) is 27.8 cm³/mol. The maximum Gasteiger partial charge on any atom is 0.217 e. The topological polar surface area (TPSA) is 12.5 Å². The van der Waals surface area contributed by atoms with Crippen molar-refractivity contribution in [3.05, 3.63) is 0 Å². The van der Waals surface area contributed by atoms with Crippen LogP contribution in [0.1, 0.15) is 0 Å². The summed E-state index contributed by atoms with van der Waals surface area (Å²) in [7, 11) is 6.41. The van der Waals surface area contributed by atoms with Gasteiger partial charge in [0.25, 0.3) is 0 Å². The zero-order valence-electron chi connectivity index (χ0n) is 5.52. The fourth-order valence-electron chi connectivity index (χ4n) is 0.490. The first-order chi connectivity index (χ1) is 3.11. The Bertz CT molecular complexity index is 75.0. The van der Waals surface area contributed by atoms with Gasteiger partial charge in [0.05, 0.1) is 21.1 Å². The Labute approximate surface area is 56.4 Å². The third-order valence-electron chi connectivity index (χ3n) is 1.18. The van der Waals surface area contributed by atoms with Gasteiger partial charge in [0.15, 0.2) is 0 Å². The summed E-state index contributed by atoms with van der Waals surface area (Å²) in [6.45, 7) is 0.948. The predicted octanol–water partition coefficient (Wildman–Crippen LogP) is -2.95. The second-order valence-corrected chi connectivity index (χ2v) is 2.90. The number of epoxide rings is 1. The molecule has 1 aliphatic rings. The van der Waals surface area contributed by atoms with E-state index >= 15 is 0 Å². The normalized spacial score (nSPS) is 26.6. The van der Waals surface area contributed by atoms with Crippen molar-refractivity contribution >= 4 is 0 Å². The van der Waals surface area contributed by atoms with E-state index in [4.69, 9.17) is 4.74 Å². The van der Waals surface area contributed by atoms with Gasteiger partial charge in [0.2, 0.25) is 6.23 Å². The van der Waals surface area contributed by atoms with Gasteiger partial charge in [-0.1, -0.05) is 0 Å². The number of halogens is 1. The summed E-state index contributed by atoms with van der Waals surface area (Å²) in [6, 6.07) is 0. The van der Waals surface area contributed by atoms with Crippen LogP contribution < -0.4 is 12.4 Å². The molecule has 0 N–H and O–H groups in total. The first-order valence-electron chi connectivity index (χ1n) is 2.53. The molecule has 1 unspecified atom stereocenters. The molecule has 1 aliphatic heterocycles. The number of likely N-dealkylation sites (N-methyl/N-ethyl adjacent to an activating group) is 1. The number of ether oxygens (including phenoxy) is 1. The number of hydrogen-bond acceptors (Lipinski definition) is 1.